The number of likely N-dealkylation sites (tertiary alicyclic amines) is 1. The minimum absolute atomic E-state index is 0.0936. The Labute approximate surface area is 162 Å². The molecule has 0 aliphatic carbocycles. The van der Waals surface area contributed by atoms with E-state index < -0.39 is 11.4 Å². The van der Waals surface area contributed by atoms with Crippen molar-refractivity contribution in [1.29, 1.82) is 0 Å². The van der Waals surface area contributed by atoms with E-state index >= 15 is 0 Å². The van der Waals surface area contributed by atoms with Gasteiger partial charge in [-0.05, 0) is 36.2 Å². The van der Waals surface area contributed by atoms with Crippen molar-refractivity contribution in [2.45, 2.75) is 6.42 Å². The third kappa shape index (κ3) is 2.83. The fourth-order valence-corrected chi connectivity index (χ4v) is 4.19. The number of aromatic hydroxyl groups is 1. The Balaban J connectivity index is 1.64. The molecule has 1 saturated heterocycles. The Kier molecular flexibility index (Phi) is 4.37. The first-order chi connectivity index (χ1) is 13.4. The van der Waals surface area contributed by atoms with E-state index in [-0.39, 0.29) is 48.6 Å². The van der Waals surface area contributed by atoms with Crippen LogP contribution in [0.4, 0.5) is 0 Å². The molecule has 1 fully saturated rings. The van der Waals surface area contributed by atoms with Crippen LogP contribution in [0.3, 0.4) is 0 Å². The number of methoxy groups -OCH3 is 1. The summed E-state index contributed by atoms with van der Waals surface area (Å²) in [5.74, 6) is -0.726. The van der Waals surface area contributed by atoms with Crippen molar-refractivity contribution >= 4 is 11.9 Å². The first kappa shape index (κ1) is 18.2. The first-order valence-corrected chi connectivity index (χ1v) is 9.05. The van der Waals surface area contributed by atoms with Crippen LogP contribution in [0.1, 0.15) is 15.9 Å². The summed E-state index contributed by atoms with van der Waals surface area (Å²) in [6, 6.07) is 11.9. The van der Waals surface area contributed by atoms with Crippen LogP contribution in [-0.2, 0) is 11.2 Å². The summed E-state index contributed by atoms with van der Waals surface area (Å²) in [6.07, 6.45) is 0.306. The third-order valence-corrected chi connectivity index (χ3v) is 5.75. The molecule has 2 aromatic carbocycles. The van der Waals surface area contributed by atoms with Gasteiger partial charge in [-0.2, -0.15) is 0 Å². The molecule has 7 nitrogen and oxygen atoms in total. The van der Waals surface area contributed by atoms with Crippen LogP contribution in [0, 0.1) is 11.3 Å². The van der Waals surface area contributed by atoms with Crippen molar-refractivity contribution in [2.24, 2.45) is 11.3 Å². The summed E-state index contributed by atoms with van der Waals surface area (Å²) in [5.41, 5.74) is 0.0250. The molecule has 2 N–H and O–H groups in total. The number of rotatable bonds is 3. The number of hydrogen-bond acceptors (Lipinski definition) is 5. The van der Waals surface area contributed by atoms with E-state index in [1.807, 2.05) is 24.3 Å². The van der Waals surface area contributed by atoms with Gasteiger partial charge in [0.25, 0.3) is 5.91 Å². The van der Waals surface area contributed by atoms with Gasteiger partial charge in [-0.15, -0.1) is 0 Å². The molecule has 0 radical (unpaired) electrons. The van der Waals surface area contributed by atoms with Crippen LogP contribution in [-0.4, -0.2) is 53.8 Å². The van der Waals surface area contributed by atoms with Crippen LogP contribution < -0.4 is 9.47 Å². The zero-order valence-corrected chi connectivity index (χ0v) is 15.4. The summed E-state index contributed by atoms with van der Waals surface area (Å²) >= 11 is 0. The first-order valence-electron chi connectivity index (χ1n) is 9.05. The van der Waals surface area contributed by atoms with E-state index in [4.69, 9.17) is 9.47 Å². The number of carboxylic acids is 1. The summed E-state index contributed by atoms with van der Waals surface area (Å²) < 4.78 is 10.9. The summed E-state index contributed by atoms with van der Waals surface area (Å²) in [6.45, 7) is 0.614. The molecule has 2 aliphatic heterocycles. The predicted molar refractivity (Wildman–Crippen MR) is 99.8 cm³/mol. The van der Waals surface area contributed by atoms with Gasteiger partial charge in [0.2, 0.25) is 0 Å². The number of phenolic OH excluding ortho intramolecular Hbond substituents is 1. The maximum Gasteiger partial charge on any atom is 0.312 e. The van der Waals surface area contributed by atoms with Gasteiger partial charge in [-0.3, -0.25) is 9.59 Å². The molecule has 2 heterocycles. The monoisotopic (exact) mass is 383 g/mol. The number of carbonyl (C=O) groups excluding carboxylic acids is 1. The van der Waals surface area contributed by atoms with E-state index in [9.17, 15) is 19.8 Å². The van der Waals surface area contributed by atoms with Gasteiger partial charge in [0.1, 0.15) is 5.75 Å². The molecule has 2 atom stereocenters. The topological polar surface area (TPSA) is 96.3 Å². The zero-order valence-electron chi connectivity index (χ0n) is 15.4. The van der Waals surface area contributed by atoms with Crippen molar-refractivity contribution < 1.29 is 29.3 Å². The van der Waals surface area contributed by atoms with Crippen LogP contribution in [0.5, 0.6) is 17.2 Å². The largest absolute Gasteiger partial charge is 0.504 e. The normalized spacial score (nSPS) is 23.2. The number of carbonyl (C=O) groups is 2. The van der Waals surface area contributed by atoms with Crippen molar-refractivity contribution in [2.75, 3.05) is 26.8 Å². The maximum absolute atomic E-state index is 13.0. The Morgan fingerprint density at radius 2 is 2.04 bits per heavy atom. The van der Waals surface area contributed by atoms with Crippen LogP contribution in [0.15, 0.2) is 42.5 Å². The second kappa shape index (κ2) is 6.74. The number of carboxylic acid groups (broad SMARTS) is 1. The highest BCUT2D eigenvalue weighted by Gasteiger charge is 2.55. The molecule has 0 saturated carbocycles. The quantitative estimate of drug-likeness (QED) is 0.843. The predicted octanol–water partition coefficient (Wildman–Crippen LogP) is 2.18. The molecule has 1 amide bonds. The number of phenols is 1. The highest BCUT2D eigenvalue weighted by molar-refractivity contribution is 5.96. The third-order valence-electron chi connectivity index (χ3n) is 5.75. The summed E-state index contributed by atoms with van der Waals surface area (Å²) in [7, 11) is 1.43. The van der Waals surface area contributed by atoms with Gasteiger partial charge in [-0.25, -0.2) is 0 Å². The average molecular weight is 383 g/mol. The minimum Gasteiger partial charge on any atom is -0.504 e. The van der Waals surface area contributed by atoms with Gasteiger partial charge >= 0.3 is 5.97 Å². The van der Waals surface area contributed by atoms with Crippen molar-refractivity contribution in [3.05, 3.63) is 53.6 Å². The maximum atomic E-state index is 13.0. The van der Waals surface area contributed by atoms with Gasteiger partial charge in [-0.1, -0.05) is 18.2 Å². The van der Waals surface area contributed by atoms with Gasteiger partial charge in [0, 0.05) is 24.6 Å². The smallest absolute Gasteiger partial charge is 0.312 e. The van der Waals surface area contributed by atoms with Gasteiger partial charge in [0.05, 0.1) is 19.1 Å². The van der Waals surface area contributed by atoms with Crippen molar-refractivity contribution in [3.8, 4) is 17.2 Å². The second-order valence-corrected chi connectivity index (χ2v) is 7.33. The molecular weight excluding hydrogens is 362 g/mol. The van der Waals surface area contributed by atoms with E-state index in [1.165, 1.54) is 24.1 Å². The Morgan fingerprint density at radius 1 is 1.25 bits per heavy atom. The average Bonchev–Trinajstić information content (AvgIpc) is 2.98. The minimum atomic E-state index is -1.10. The lowest BCUT2D eigenvalue weighted by molar-refractivity contribution is -0.150. The number of aliphatic carboxylic acids is 1. The SMILES string of the molecule is COc1ccc(C(=O)N2C[C@@H]3COc4ccccc4C[C@]3(C(=O)O)C2)cc1O. The second-order valence-electron chi connectivity index (χ2n) is 7.33. The number of nitrogens with zero attached hydrogens (tertiary/aromatic N) is 1. The Hall–Kier alpha value is -3.22. The highest BCUT2D eigenvalue weighted by Crippen LogP contribution is 2.44. The number of benzene rings is 2. The van der Waals surface area contributed by atoms with E-state index in [1.54, 1.807) is 6.07 Å². The Morgan fingerprint density at radius 3 is 2.75 bits per heavy atom. The fraction of sp³-hybridized carbons (Fsp3) is 0.333. The lowest BCUT2D eigenvalue weighted by atomic mass is 9.74. The summed E-state index contributed by atoms with van der Waals surface area (Å²) in [4.78, 5) is 26.8. The molecule has 2 aliphatic rings. The molecule has 0 bridgehead atoms. The molecule has 2 aromatic rings. The summed E-state index contributed by atoms with van der Waals surface area (Å²) in [5, 5.41) is 20.0. The zero-order chi connectivity index (χ0) is 19.9. The molecule has 0 unspecified atom stereocenters. The van der Waals surface area contributed by atoms with E-state index in [0.717, 1.165) is 5.56 Å². The van der Waals surface area contributed by atoms with Crippen molar-refractivity contribution in [1.82, 2.24) is 4.90 Å². The molecule has 4 rings (SSSR count). The van der Waals surface area contributed by atoms with Crippen LogP contribution in [0.2, 0.25) is 0 Å². The number of para-hydroxylation sites is 1. The van der Waals surface area contributed by atoms with Crippen molar-refractivity contribution in [3.63, 3.8) is 0 Å². The van der Waals surface area contributed by atoms with Crippen LogP contribution >= 0.6 is 0 Å². The van der Waals surface area contributed by atoms with Gasteiger partial charge < -0.3 is 24.6 Å². The Bertz CT molecular complexity index is 942. The lowest BCUT2D eigenvalue weighted by Gasteiger charge is -2.27. The highest BCUT2D eigenvalue weighted by atomic mass is 16.5. The van der Waals surface area contributed by atoms with E-state index in [2.05, 4.69) is 0 Å². The molecule has 0 aromatic heterocycles. The molecule has 0 spiro atoms. The van der Waals surface area contributed by atoms with E-state index in [0.29, 0.717) is 12.2 Å². The molecule has 7 heteroatoms. The molecule has 146 valence electrons. The number of amides is 1. The molecule has 28 heavy (non-hydrogen) atoms. The van der Waals surface area contributed by atoms with Crippen LogP contribution in [0.25, 0.3) is 0 Å². The number of ether oxygens (including phenoxy) is 2. The van der Waals surface area contributed by atoms with Gasteiger partial charge in [0.15, 0.2) is 11.5 Å². The number of hydrogen-bond donors (Lipinski definition) is 2. The lowest BCUT2D eigenvalue weighted by Crippen LogP contribution is -2.42. The molecular formula is C21H21NO6. The number of fused-ring (bicyclic) bond motifs is 2. The fourth-order valence-electron chi connectivity index (χ4n) is 4.19. The standard InChI is InChI=1S/C21H21NO6/c1-27-18-7-6-13(8-16(18)23)19(24)22-10-15-11-28-17-5-3-2-4-14(17)9-21(15,12-22)20(25)26/h2-8,15,23H,9-12H2,1H3,(H,25,26)/t15-,21+/m1/s1.